The highest BCUT2D eigenvalue weighted by molar-refractivity contribution is 5.70. The minimum absolute atomic E-state index is 0.0839. The van der Waals surface area contributed by atoms with Gasteiger partial charge in [-0.25, -0.2) is 4.79 Å². The highest BCUT2D eigenvalue weighted by Gasteiger charge is 2.21. The summed E-state index contributed by atoms with van der Waals surface area (Å²) >= 11 is 0. The summed E-state index contributed by atoms with van der Waals surface area (Å²) in [5.41, 5.74) is 2.20. The molecule has 0 aliphatic rings. The number of carbonyl (C=O) groups is 1. The van der Waals surface area contributed by atoms with E-state index in [1.54, 1.807) is 0 Å². The fraction of sp³-hybridized carbons (Fsp3) is 0.350. The van der Waals surface area contributed by atoms with Crippen LogP contribution in [0.25, 0.3) is 0 Å². The van der Waals surface area contributed by atoms with E-state index >= 15 is 0 Å². The maximum atomic E-state index is 11.1. The Morgan fingerprint density at radius 2 is 1.67 bits per heavy atom. The monoisotopic (exact) mass is 328 g/mol. The van der Waals surface area contributed by atoms with Crippen molar-refractivity contribution >= 4 is 5.97 Å². The average molecular weight is 328 g/mol. The first-order valence-electron chi connectivity index (χ1n) is 7.93. The van der Waals surface area contributed by atoms with Gasteiger partial charge in [-0.15, -0.1) is 0 Å². The lowest BCUT2D eigenvalue weighted by Gasteiger charge is -2.25. The normalized spacial score (nSPS) is 11.1. The molecule has 0 amide bonds. The molecule has 2 rings (SSSR count). The van der Waals surface area contributed by atoms with Crippen LogP contribution in [-0.4, -0.2) is 26.3 Å². The van der Waals surface area contributed by atoms with Crippen LogP contribution >= 0.6 is 0 Å². The van der Waals surface area contributed by atoms with E-state index in [0.29, 0.717) is 19.0 Å². The van der Waals surface area contributed by atoms with Crippen LogP contribution in [0.3, 0.4) is 0 Å². The molecule has 24 heavy (non-hydrogen) atoms. The zero-order valence-corrected chi connectivity index (χ0v) is 14.5. The molecule has 0 saturated heterocycles. The fourth-order valence-corrected chi connectivity index (χ4v) is 2.29. The number of benzene rings is 2. The second kappa shape index (κ2) is 8.50. The van der Waals surface area contributed by atoms with Crippen LogP contribution in [0.5, 0.6) is 5.75 Å². The van der Waals surface area contributed by atoms with Crippen molar-refractivity contribution in [2.45, 2.75) is 25.9 Å². The van der Waals surface area contributed by atoms with Crippen molar-refractivity contribution in [1.29, 1.82) is 0 Å². The third-order valence-electron chi connectivity index (χ3n) is 3.79. The molecule has 0 spiro atoms. The molecule has 128 valence electrons. The molecule has 0 unspecified atom stereocenters. The van der Waals surface area contributed by atoms with Crippen molar-refractivity contribution in [3.63, 3.8) is 0 Å². The topological polar surface area (TPSA) is 44.8 Å². The Balaban J connectivity index is 1.87. The summed E-state index contributed by atoms with van der Waals surface area (Å²) in [6.07, 6.45) is 0. The predicted octanol–water partition coefficient (Wildman–Crippen LogP) is 3.73. The highest BCUT2D eigenvalue weighted by atomic mass is 16.6. The molecule has 0 aliphatic heterocycles. The number of hydrogen-bond acceptors (Lipinski definition) is 4. The SMILES string of the molecule is COC(=O)COc1ccc(C(C)(C)COCc2ccccc2)cc1. The Bertz CT molecular complexity index is 632. The number of rotatable bonds is 8. The molecule has 0 bridgehead atoms. The van der Waals surface area contributed by atoms with Crippen molar-refractivity contribution in [3.05, 3.63) is 65.7 Å². The van der Waals surface area contributed by atoms with Crippen LogP contribution < -0.4 is 4.74 Å². The van der Waals surface area contributed by atoms with Gasteiger partial charge in [-0.05, 0) is 23.3 Å². The molecule has 0 aromatic heterocycles. The summed E-state index contributed by atoms with van der Waals surface area (Å²) in [6.45, 7) is 5.42. The van der Waals surface area contributed by atoms with Crippen LogP contribution in [0, 0.1) is 0 Å². The Hall–Kier alpha value is -2.33. The van der Waals surface area contributed by atoms with Crippen molar-refractivity contribution in [3.8, 4) is 5.75 Å². The zero-order chi connectivity index (χ0) is 17.4. The molecule has 0 radical (unpaired) electrons. The lowest BCUT2D eigenvalue weighted by molar-refractivity contribution is -0.142. The van der Waals surface area contributed by atoms with Crippen molar-refractivity contribution in [1.82, 2.24) is 0 Å². The standard InChI is InChI=1S/C20H24O4/c1-20(2,15-23-13-16-7-5-4-6-8-16)17-9-11-18(12-10-17)24-14-19(21)22-3/h4-12H,13-15H2,1-3H3. The highest BCUT2D eigenvalue weighted by Crippen LogP contribution is 2.26. The van der Waals surface area contributed by atoms with Crippen molar-refractivity contribution in [2.75, 3.05) is 20.3 Å². The summed E-state index contributed by atoms with van der Waals surface area (Å²) in [6, 6.07) is 17.8. The quantitative estimate of drug-likeness (QED) is 0.693. The van der Waals surface area contributed by atoms with Crippen LogP contribution in [-0.2, 0) is 26.3 Å². The number of ether oxygens (including phenoxy) is 3. The summed E-state index contributed by atoms with van der Waals surface area (Å²) in [5.74, 6) is 0.249. The smallest absolute Gasteiger partial charge is 0.343 e. The van der Waals surface area contributed by atoms with Gasteiger partial charge >= 0.3 is 5.97 Å². The molecular weight excluding hydrogens is 304 g/mol. The second-order valence-electron chi connectivity index (χ2n) is 6.25. The number of hydrogen-bond donors (Lipinski definition) is 0. The van der Waals surface area contributed by atoms with Gasteiger partial charge in [-0.2, -0.15) is 0 Å². The maximum absolute atomic E-state index is 11.1. The maximum Gasteiger partial charge on any atom is 0.343 e. The number of methoxy groups -OCH3 is 1. The summed E-state index contributed by atoms with van der Waals surface area (Å²) < 4.78 is 15.8. The second-order valence-corrected chi connectivity index (χ2v) is 6.25. The molecule has 2 aromatic carbocycles. The number of esters is 1. The first kappa shape index (κ1) is 18.0. The van der Waals surface area contributed by atoms with E-state index in [-0.39, 0.29) is 12.0 Å². The van der Waals surface area contributed by atoms with Gasteiger partial charge < -0.3 is 14.2 Å². The Labute approximate surface area is 143 Å². The third-order valence-corrected chi connectivity index (χ3v) is 3.79. The fourth-order valence-electron chi connectivity index (χ4n) is 2.29. The van der Waals surface area contributed by atoms with E-state index in [4.69, 9.17) is 9.47 Å². The zero-order valence-electron chi connectivity index (χ0n) is 14.5. The van der Waals surface area contributed by atoms with Gasteiger partial charge in [0.2, 0.25) is 0 Å². The molecule has 0 heterocycles. The minimum Gasteiger partial charge on any atom is -0.482 e. The molecule has 0 aliphatic carbocycles. The van der Waals surface area contributed by atoms with Gasteiger partial charge in [0.25, 0.3) is 0 Å². The summed E-state index contributed by atoms with van der Waals surface area (Å²) in [5, 5.41) is 0. The molecule has 4 nitrogen and oxygen atoms in total. The molecule has 0 atom stereocenters. The third kappa shape index (κ3) is 5.39. The van der Waals surface area contributed by atoms with Gasteiger partial charge in [-0.3, -0.25) is 0 Å². The number of carbonyl (C=O) groups excluding carboxylic acids is 1. The van der Waals surface area contributed by atoms with E-state index < -0.39 is 5.97 Å². The van der Waals surface area contributed by atoms with E-state index in [2.05, 4.69) is 30.7 Å². The van der Waals surface area contributed by atoms with Crippen LogP contribution in [0.2, 0.25) is 0 Å². The molecule has 0 fully saturated rings. The molecule has 0 saturated carbocycles. The van der Waals surface area contributed by atoms with Gasteiger partial charge in [0.1, 0.15) is 5.75 Å². The van der Waals surface area contributed by atoms with Gasteiger partial charge in [0.05, 0.1) is 20.3 Å². The lowest BCUT2D eigenvalue weighted by atomic mass is 9.85. The van der Waals surface area contributed by atoms with Crippen molar-refractivity contribution in [2.24, 2.45) is 0 Å². The molecule has 0 N–H and O–H groups in total. The van der Waals surface area contributed by atoms with E-state index in [0.717, 1.165) is 5.56 Å². The molecule has 2 aromatic rings. The van der Waals surface area contributed by atoms with E-state index in [1.165, 1.54) is 12.7 Å². The van der Waals surface area contributed by atoms with Crippen molar-refractivity contribution < 1.29 is 19.0 Å². The predicted molar refractivity (Wildman–Crippen MR) is 93.1 cm³/mol. The Morgan fingerprint density at radius 3 is 2.29 bits per heavy atom. The first-order valence-corrected chi connectivity index (χ1v) is 7.93. The van der Waals surface area contributed by atoms with E-state index in [9.17, 15) is 4.79 Å². The van der Waals surface area contributed by atoms with Crippen LogP contribution in [0.1, 0.15) is 25.0 Å². The lowest BCUT2D eigenvalue weighted by Crippen LogP contribution is -2.24. The van der Waals surface area contributed by atoms with Gasteiger partial charge in [0.15, 0.2) is 6.61 Å². The summed E-state index contributed by atoms with van der Waals surface area (Å²) in [4.78, 5) is 11.1. The molecular formula is C20H24O4. The van der Waals surface area contributed by atoms with E-state index in [1.807, 2.05) is 42.5 Å². The minimum atomic E-state index is -0.395. The Kier molecular flexibility index (Phi) is 6.38. The summed E-state index contributed by atoms with van der Waals surface area (Å²) in [7, 11) is 1.34. The average Bonchev–Trinajstić information content (AvgIpc) is 2.60. The first-order chi connectivity index (χ1) is 11.5. The van der Waals surface area contributed by atoms with Gasteiger partial charge in [-0.1, -0.05) is 56.3 Å². The van der Waals surface area contributed by atoms with Gasteiger partial charge in [0, 0.05) is 5.41 Å². The van der Waals surface area contributed by atoms with Crippen LogP contribution in [0.15, 0.2) is 54.6 Å². The largest absolute Gasteiger partial charge is 0.482 e. The molecule has 4 heteroatoms. The van der Waals surface area contributed by atoms with Crippen LogP contribution in [0.4, 0.5) is 0 Å². The Morgan fingerprint density at radius 1 is 1.00 bits per heavy atom.